The summed E-state index contributed by atoms with van der Waals surface area (Å²) in [6.45, 7) is 3.40. The van der Waals surface area contributed by atoms with Gasteiger partial charge in [0.15, 0.2) is 0 Å². The number of hydrogen-bond acceptors (Lipinski definition) is 3. The highest BCUT2D eigenvalue weighted by molar-refractivity contribution is 7.09. The Balaban J connectivity index is 2.56. The summed E-state index contributed by atoms with van der Waals surface area (Å²) < 4.78 is 0. The molecule has 0 saturated carbocycles. The number of nitrogens with zero attached hydrogens (tertiary/aromatic N) is 1. The fraction of sp³-hybridized carbons (Fsp3) is 0.500. The second-order valence-corrected chi connectivity index (χ2v) is 5.52. The number of rotatable bonds is 5. The first-order valence-electron chi connectivity index (χ1n) is 5.37. The second kappa shape index (κ2) is 5.31. The molecule has 0 saturated heterocycles. The molecule has 1 amide bonds. The molecule has 5 heteroatoms. The minimum absolute atomic E-state index is 0.360. The van der Waals surface area contributed by atoms with E-state index >= 15 is 0 Å². The number of likely N-dealkylation sites (N-methyl/N-ethyl adjacent to an activating group) is 1. The lowest BCUT2D eigenvalue weighted by atomic mass is 9.92. The molecule has 0 aromatic carbocycles. The van der Waals surface area contributed by atoms with Crippen molar-refractivity contribution in [1.29, 1.82) is 0 Å². The van der Waals surface area contributed by atoms with Crippen LogP contribution in [0.3, 0.4) is 0 Å². The molecule has 0 radical (unpaired) electrons. The van der Waals surface area contributed by atoms with Crippen molar-refractivity contribution in [1.82, 2.24) is 4.90 Å². The normalized spacial score (nSPS) is 11.2. The van der Waals surface area contributed by atoms with Gasteiger partial charge >= 0.3 is 5.97 Å². The predicted octanol–water partition coefficient (Wildman–Crippen LogP) is 1.86. The number of carbonyl (C=O) groups excluding carboxylic acids is 1. The maximum atomic E-state index is 11.9. The Morgan fingerprint density at radius 1 is 1.47 bits per heavy atom. The van der Waals surface area contributed by atoms with E-state index < -0.39 is 11.4 Å². The summed E-state index contributed by atoms with van der Waals surface area (Å²) in [4.78, 5) is 25.5. The lowest BCUT2D eigenvalue weighted by Gasteiger charge is -2.25. The second-order valence-electron chi connectivity index (χ2n) is 4.49. The third-order valence-corrected chi connectivity index (χ3v) is 3.63. The Morgan fingerprint density at radius 2 is 2.12 bits per heavy atom. The van der Waals surface area contributed by atoms with Gasteiger partial charge in [0, 0.05) is 18.5 Å². The minimum Gasteiger partial charge on any atom is -0.480 e. The third kappa shape index (κ3) is 3.30. The maximum absolute atomic E-state index is 11.9. The van der Waals surface area contributed by atoms with Gasteiger partial charge in [-0.2, -0.15) is 0 Å². The van der Waals surface area contributed by atoms with Gasteiger partial charge in [-0.1, -0.05) is 6.07 Å². The van der Waals surface area contributed by atoms with Crippen LogP contribution in [0.4, 0.5) is 0 Å². The molecule has 1 aromatic rings. The lowest BCUT2D eigenvalue weighted by molar-refractivity contribution is -0.157. The van der Waals surface area contributed by atoms with Crippen molar-refractivity contribution in [3.05, 3.63) is 22.4 Å². The molecule has 0 aliphatic rings. The van der Waals surface area contributed by atoms with Gasteiger partial charge in [0.1, 0.15) is 5.41 Å². The van der Waals surface area contributed by atoms with Crippen LogP contribution >= 0.6 is 11.3 Å². The van der Waals surface area contributed by atoms with Crippen LogP contribution in [0.1, 0.15) is 18.7 Å². The smallest absolute Gasteiger partial charge is 0.318 e. The van der Waals surface area contributed by atoms with E-state index in [-0.39, 0.29) is 5.91 Å². The predicted molar refractivity (Wildman–Crippen MR) is 67.1 cm³/mol. The number of carboxylic acids is 1. The standard InChI is InChI=1S/C12H17NO3S/c1-12(2,11(15)16)10(14)13(3)7-6-9-5-4-8-17-9/h4-5,8H,6-7H2,1-3H3,(H,15,16). The summed E-state index contributed by atoms with van der Waals surface area (Å²) in [6, 6.07) is 3.97. The first-order valence-corrected chi connectivity index (χ1v) is 6.25. The molecule has 1 heterocycles. The average Bonchev–Trinajstić information content (AvgIpc) is 2.77. The summed E-state index contributed by atoms with van der Waals surface area (Å²) in [5.74, 6) is -1.45. The zero-order chi connectivity index (χ0) is 13.1. The van der Waals surface area contributed by atoms with Crippen LogP contribution in [0.15, 0.2) is 17.5 Å². The molecule has 0 fully saturated rings. The maximum Gasteiger partial charge on any atom is 0.318 e. The molecule has 4 nitrogen and oxygen atoms in total. The highest BCUT2D eigenvalue weighted by Crippen LogP contribution is 2.19. The van der Waals surface area contributed by atoms with E-state index in [4.69, 9.17) is 5.11 Å². The van der Waals surface area contributed by atoms with Gasteiger partial charge in [-0.3, -0.25) is 9.59 Å². The summed E-state index contributed by atoms with van der Waals surface area (Å²) >= 11 is 1.64. The van der Waals surface area contributed by atoms with Gasteiger partial charge in [-0.25, -0.2) is 0 Å². The number of hydrogen-bond donors (Lipinski definition) is 1. The van der Waals surface area contributed by atoms with Crippen molar-refractivity contribution in [2.24, 2.45) is 5.41 Å². The number of aliphatic carboxylic acids is 1. The van der Waals surface area contributed by atoms with Gasteiger partial charge in [0.25, 0.3) is 0 Å². The molecular weight excluding hydrogens is 238 g/mol. The molecule has 1 N–H and O–H groups in total. The molecule has 0 aliphatic carbocycles. The zero-order valence-electron chi connectivity index (χ0n) is 10.3. The first-order chi connectivity index (χ1) is 7.85. The molecule has 0 spiro atoms. The minimum atomic E-state index is -1.36. The quantitative estimate of drug-likeness (QED) is 0.817. The molecule has 17 heavy (non-hydrogen) atoms. The van der Waals surface area contributed by atoms with E-state index in [9.17, 15) is 9.59 Å². The van der Waals surface area contributed by atoms with Gasteiger partial charge in [-0.15, -0.1) is 11.3 Å². The van der Waals surface area contributed by atoms with Crippen LogP contribution in [0.5, 0.6) is 0 Å². The van der Waals surface area contributed by atoms with Crippen LogP contribution in [-0.4, -0.2) is 35.5 Å². The van der Waals surface area contributed by atoms with Crippen LogP contribution in [0, 0.1) is 5.41 Å². The summed E-state index contributed by atoms with van der Waals surface area (Å²) in [5.41, 5.74) is -1.36. The molecule has 0 atom stereocenters. The van der Waals surface area contributed by atoms with Crippen molar-refractivity contribution in [3.8, 4) is 0 Å². The summed E-state index contributed by atoms with van der Waals surface area (Å²) in [5, 5.41) is 11.0. The fourth-order valence-electron chi connectivity index (χ4n) is 1.40. The molecule has 0 unspecified atom stereocenters. The van der Waals surface area contributed by atoms with Crippen LogP contribution < -0.4 is 0 Å². The molecular formula is C12H17NO3S. The van der Waals surface area contributed by atoms with E-state index in [1.165, 1.54) is 23.6 Å². The number of amides is 1. The SMILES string of the molecule is CN(CCc1cccs1)C(=O)C(C)(C)C(=O)O. The number of carboxylic acid groups (broad SMARTS) is 1. The van der Waals surface area contributed by atoms with E-state index in [2.05, 4.69) is 0 Å². The average molecular weight is 255 g/mol. The highest BCUT2D eigenvalue weighted by Gasteiger charge is 2.37. The lowest BCUT2D eigenvalue weighted by Crippen LogP contribution is -2.44. The highest BCUT2D eigenvalue weighted by atomic mass is 32.1. The van der Waals surface area contributed by atoms with E-state index in [1.807, 2.05) is 17.5 Å². The fourth-order valence-corrected chi connectivity index (χ4v) is 2.10. The van der Waals surface area contributed by atoms with Gasteiger partial charge in [0.05, 0.1) is 0 Å². The Hall–Kier alpha value is -1.36. The van der Waals surface area contributed by atoms with Crippen LogP contribution in [0.25, 0.3) is 0 Å². The van der Waals surface area contributed by atoms with Gasteiger partial charge in [0.2, 0.25) is 5.91 Å². The molecule has 0 bridgehead atoms. The van der Waals surface area contributed by atoms with Crippen LogP contribution in [-0.2, 0) is 16.0 Å². The van der Waals surface area contributed by atoms with Crippen molar-refractivity contribution in [3.63, 3.8) is 0 Å². The first kappa shape index (κ1) is 13.7. The number of thiophene rings is 1. The van der Waals surface area contributed by atoms with E-state index in [1.54, 1.807) is 18.4 Å². The molecule has 0 aliphatic heterocycles. The summed E-state index contributed by atoms with van der Waals surface area (Å²) in [7, 11) is 1.64. The van der Waals surface area contributed by atoms with E-state index in [0.29, 0.717) is 6.54 Å². The number of carbonyl (C=O) groups is 2. The van der Waals surface area contributed by atoms with Crippen molar-refractivity contribution >= 4 is 23.2 Å². The van der Waals surface area contributed by atoms with Crippen molar-refractivity contribution < 1.29 is 14.7 Å². The van der Waals surface area contributed by atoms with E-state index in [0.717, 1.165) is 6.42 Å². The zero-order valence-corrected chi connectivity index (χ0v) is 11.1. The topological polar surface area (TPSA) is 57.6 Å². The van der Waals surface area contributed by atoms with Crippen LogP contribution in [0.2, 0.25) is 0 Å². The Labute approximate surface area is 105 Å². The Kier molecular flexibility index (Phi) is 4.28. The molecule has 1 aromatic heterocycles. The largest absolute Gasteiger partial charge is 0.480 e. The third-order valence-electron chi connectivity index (χ3n) is 2.69. The van der Waals surface area contributed by atoms with Gasteiger partial charge < -0.3 is 10.0 Å². The van der Waals surface area contributed by atoms with Gasteiger partial charge in [-0.05, 0) is 31.7 Å². The Morgan fingerprint density at radius 3 is 2.59 bits per heavy atom. The van der Waals surface area contributed by atoms with Crippen molar-refractivity contribution in [2.75, 3.05) is 13.6 Å². The van der Waals surface area contributed by atoms with Crippen molar-refractivity contribution in [2.45, 2.75) is 20.3 Å². The molecule has 94 valence electrons. The Bertz CT molecular complexity index is 398. The monoisotopic (exact) mass is 255 g/mol. The molecule has 1 rings (SSSR count). The summed E-state index contributed by atoms with van der Waals surface area (Å²) in [6.07, 6.45) is 0.760.